The molecule has 0 amide bonds. The summed E-state index contributed by atoms with van der Waals surface area (Å²) in [5.41, 5.74) is 0.263. The van der Waals surface area contributed by atoms with Crippen molar-refractivity contribution in [1.29, 1.82) is 0 Å². The van der Waals surface area contributed by atoms with E-state index < -0.39 is 10.0 Å². The van der Waals surface area contributed by atoms with Crippen molar-refractivity contribution in [2.24, 2.45) is 0 Å². The van der Waals surface area contributed by atoms with E-state index >= 15 is 0 Å². The average molecular weight is 279 g/mol. The smallest absolute Gasteiger partial charge is 0.257 e. The first-order valence-corrected chi connectivity index (χ1v) is 7.71. The maximum absolute atomic E-state index is 11.9. The second kappa shape index (κ2) is 5.38. The van der Waals surface area contributed by atoms with E-state index in [4.69, 9.17) is 5.11 Å². The molecular formula is C9H17N3O3S2. The lowest BCUT2D eigenvalue weighted by molar-refractivity contribution is 0.278. The molecule has 1 aromatic rings. The number of hydrogen-bond acceptors (Lipinski definition) is 5. The number of thioether (sulfide) groups is 1. The number of aromatic nitrogens is 2. The lowest BCUT2D eigenvalue weighted by Gasteiger charge is -2.21. The molecule has 98 valence electrons. The molecule has 1 rings (SSSR count). The molecule has 0 aromatic carbocycles. The summed E-state index contributed by atoms with van der Waals surface area (Å²) in [6.45, 7) is 3.83. The number of sulfonamides is 1. The van der Waals surface area contributed by atoms with Crippen molar-refractivity contribution < 1.29 is 13.5 Å². The molecule has 0 aliphatic rings. The van der Waals surface area contributed by atoms with E-state index in [0.29, 0.717) is 6.54 Å². The summed E-state index contributed by atoms with van der Waals surface area (Å²) in [6, 6.07) is 0. The SMILES string of the molecule is CSC(C)(C)CNS(=O)(=O)c1[nH]ncc1CO. The van der Waals surface area contributed by atoms with Crippen molar-refractivity contribution in [3.05, 3.63) is 11.8 Å². The van der Waals surface area contributed by atoms with Gasteiger partial charge >= 0.3 is 0 Å². The number of aliphatic hydroxyl groups is 1. The van der Waals surface area contributed by atoms with Crippen molar-refractivity contribution in [2.45, 2.75) is 30.2 Å². The molecule has 0 fully saturated rings. The Kier molecular flexibility index (Phi) is 4.59. The van der Waals surface area contributed by atoms with Crippen LogP contribution in [-0.2, 0) is 16.6 Å². The van der Waals surface area contributed by atoms with Crippen molar-refractivity contribution in [2.75, 3.05) is 12.8 Å². The van der Waals surface area contributed by atoms with E-state index in [1.165, 1.54) is 6.20 Å². The fraction of sp³-hybridized carbons (Fsp3) is 0.667. The van der Waals surface area contributed by atoms with Crippen molar-refractivity contribution >= 4 is 21.8 Å². The number of nitrogens with one attached hydrogen (secondary N) is 2. The van der Waals surface area contributed by atoms with Crippen LogP contribution in [0.3, 0.4) is 0 Å². The summed E-state index contributed by atoms with van der Waals surface area (Å²) in [5, 5.41) is 14.9. The molecule has 0 aliphatic carbocycles. The molecule has 0 atom stereocenters. The lowest BCUT2D eigenvalue weighted by Crippen LogP contribution is -2.36. The molecule has 0 aliphatic heterocycles. The Bertz CT molecular complexity index is 468. The molecule has 1 aromatic heterocycles. The normalized spacial score (nSPS) is 12.9. The van der Waals surface area contributed by atoms with Gasteiger partial charge < -0.3 is 5.11 Å². The number of rotatable bonds is 6. The third kappa shape index (κ3) is 3.70. The van der Waals surface area contributed by atoms with Crippen molar-refractivity contribution in [3.8, 4) is 0 Å². The molecule has 0 unspecified atom stereocenters. The summed E-state index contributed by atoms with van der Waals surface area (Å²) >= 11 is 1.57. The van der Waals surface area contributed by atoms with Crippen LogP contribution >= 0.6 is 11.8 Å². The van der Waals surface area contributed by atoms with Gasteiger partial charge in [-0.05, 0) is 20.1 Å². The van der Waals surface area contributed by atoms with Gasteiger partial charge in [0.1, 0.15) is 0 Å². The van der Waals surface area contributed by atoms with Gasteiger partial charge in [-0.25, -0.2) is 13.1 Å². The number of hydrogen-bond donors (Lipinski definition) is 3. The van der Waals surface area contributed by atoms with Crippen LogP contribution in [0.15, 0.2) is 11.2 Å². The molecule has 0 spiro atoms. The van der Waals surface area contributed by atoms with E-state index in [2.05, 4.69) is 14.9 Å². The van der Waals surface area contributed by atoms with Crippen LogP contribution in [0.1, 0.15) is 19.4 Å². The number of aliphatic hydroxyl groups excluding tert-OH is 1. The van der Waals surface area contributed by atoms with Gasteiger partial charge in [-0.2, -0.15) is 16.9 Å². The molecular weight excluding hydrogens is 262 g/mol. The van der Waals surface area contributed by atoms with Crippen LogP contribution < -0.4 is 4.72 Å². The van der Waals surface area contributed by atoms with Gasteiger partial charge in [0, 0.05) is 16.9 Å². The van der Waals surface area contributed by atoms with Crippen LogP contribution in [0, 0.1) is 0 Å². The van der Waals surface area contributed by atoms with Crippen molar-refractivity contribution in [1.82, 2.24) is 14.9 Å². The Morgan fingerprint density at radius 2 is 2.24 bits per heavy atom. The molecule has 0 saturated heterocycles. The van der Waals surface area contributed by atoms with Gasteiger partial charge in [-0.3, -0.25) is 5.10 Å². The summed E-state index contributed by atoms with van der Waals surface area (Å²) in [7, 11) is -3.64. The van der Waals surface area contributed by atoms with Gasteiger partial charge in [0.15, 0.2) is 5.03 Å². The maximum atomic E-state index is 11.9. The van der Waals surface area contributed by atoms with Crippen molar-refractivity contribution in [3.63, 3.8) is 0 Å². The summed E-state index contributed by atoms with van der Waals surface area (Å²) < 4.78 is 26.2. The second-order valence-electron chi connectivity index (χ2n) is 4.17. The van der Waals surface area contributed by atoms with Crippen LogP contribution in [0.2, 0.25) is 0 Å². The quantitative estimate of drug-likeness (QED) is 0.697. The minimum absolute atomic E-state index is 0.0723. The van der Waals surface area contributed by atoms with Gasteiger partial charge in [-0.1, -0.05) is 0 Å². The van der Waals surface area contributed by atoms with E-state index in [1.54, 1.807) is 11.8 Å². The first kappa shape index (κ1) is 14.5. The predicted molar refractivity (Wildman–Crippen MR) is 67.3 cm³/mol. The zero-order valence-electron chi connectivity index (χ0n) is 10.0. The third-order valence-electron chi connectivity index (χ3n) is 2.36. The van der Waals surface area contributed by atoms with E-state index in [9.17, 15) is 8.42 Å². The van der Waals surface area contributed by atoms with E-state index in [0.717, 1.165) is 0 Å². The van der Waals surface area contributed by atoms with E-state index in [-0.39, 0.29) is 21.9 Å². The Morgan fingerprint density at radius 1 is 1.59 bits per heavy atom. The highest BCUT2D eigenvalue weighted by atomic mass is 32.2. The highest BCUT2D eigenvalue weighted by Crippen LogP contribution is 2.21. The monoisotopic (exact) mass is 279 g/mol. The number of aromatic amines is 1. The number of H-pyrrole nitrogens is 1. The van der Waals surface area contributed by atoms with Gasteiger partial charge in [-0.15, -0.1) is 0 Å². The van der Waals surface area contributed by atoms with Crippen LogP contribution in [0.25, 0.3) is 0 Å². The largest absolute Gasteiger partial charge is 0.392 e. The highest BCUT2D eigenvalue weighted by molar-refractivity contribution is 8.00. The maximum Gasteiger partial charge on any atom is 0.257 e. The molecule has 17 heavy (non-hydrogen) atoms. The van der Waals surface area contributed by atoms with Crippen LogP contribution in [0.5, 0.6) is 0 Å². The van der Waals surface area contributed by atoms with E-state index in [1.807, 2.05) is 20.1 Å². The first-order chi connectivity index (χ1) is 7.82. The molecule has 1 heterocycles. The third-order valence-corrected chi connectivity index (χ3v) is 5.02. The Hall–Kier alpha value is -0.570. The molecule has 0 saturated carbocycles. The second-order valence-corrected chi connectivity index (χ2v) is 7.39. The topological polar surface area (TPSA) is 95.1 Å². The minimum atomic E-state index is -3.64. The van der Waals surface area contributed by atoms with Gasteiger partial charge in [0.05, 0.1) is 12.8 Å². The molecule has 0 bridgehead atoms. The van der Waals surface area contributed by atoms with Gasteiger partial charge in [0.25, 0.3) is 10.0 Å². The van der Waals surface area contributed by atoms with Gasteiger partial charge in [0.2, 0.25) is 0 Å². The lowest BCUT2D eigenvalue weighted by atomic mass is 10.2. The fourth-order valence-corrected chi connectivity index (χ4v) is 2.70. The Morgan fingerprint density at radius 3 is 2.76 bits per heavy atom. The zero-order valence-corrected chi connectivity index (χ0v) is 11.7. The molecule has 3 N–H and O–H groups in total. The molecule has 8 heteroatoms. The molecule has 6 nitrogen and oxygen atoms in total. The van der Waals surface area contributed by atoms with Crippen LogP contribution in [0.4, 0.5) is 0 Å². The Balaban J connectivity index is 2.83. The average Bonchev–Trinajstić information content (AvgIpc) is 2.75. The highest BCUT2D eigenvalue weighted by Gasteiger charge is 2.24. The fourth-order valence-electron chi connectivity index (χ4n) is 1.06. The summed E-state index contributed by atoms with van der Waals surface area (Å²) in [4.78, 5) is 0. The predicted octanol–water partition coefficient (Wildman–Crippen LogP) is 0.322. The minimum Gasteiger partial charge on any atom is -0.392 e. The summed E-state index contributed by atoms with van der Waals surface area (Å²) in [5.74, 6) is 0. The molecule has 0 radical (unpaired) electrons. The zero-order chi connectivity index (χ0) is 13.1. The summed E-state index contributed by atoms with van der Waals surface area (Å²) in [6.07, 6.45) is 3.22. The number of nitrogens with zero attached hydrogens (tertiary/aromatic N) is 1. The Labute approximate surface area is 105 Å². The standard InChI is InChI=1S/C9H17N3O3S2/c1-9(2,16-3)6-11-17(14,15)8-7(5-13)4-10-12-8/h4,11,13H,5-6H2,1-3H3,(H,10,12). The van der Waals surface area contributed by atoms with Crippen LogP contribution in [-0.4, -0.2) is 41.3 Å². The first-order valence-electron chi connectivity index (χ1n) is 5.00.